The van der Waals surface area contributed by atoms with Gasteiger partial charge in [0.2, 0.25) is 11.8 Å². The molecule has 158 valence electrons. The summed E-state index contributed by atoms with van der Waals surface area (Å²) in [4.78, 5) is 37.4. The fourth-order valence-corrected chi connectivity index (χ4v) is 4.38. The van der Waals surface area contributed by atoms with Gasteiger partial charge in [0.25, 0.3) is 0 Å². The van der Waals surface area contributed by atoms with Crippen LogP contribution < -0.4 is 15.5 Å². The van der Waals surface area contributed by atoms with Crippen LogP contribution >= 0.6 is 0 Å². The number of carboxylic acid groups (broad SMARTS) is 1. The smallest absolute Gasteiger partial charge is 0.303 e. The van der Waals surface area contributed by atoms with Gasteiger partial charge >= 0.3 is 5.97 Å². The van der Waals surface area contributed by atoms with Crippen molar-refractivity contribution < 1.29 is 19.5 Å². The number of aliphatic carboxylic acids is 1. The number of piperidine rings is 1. The molecular weight excluding hydrogens is 370 g/mol. The van der Waals surface area contributed by atoms with Gasteiger partial charge in [-0.15, -0.1) is 0 Å². The number of hydrogen-bond donors (Lipinski definition) is 3. The van der Waals surface area contributed by atoms with Crippen molar-refractivity contribution in [3.05, 3.63) is 29.8 Å². The molecule has 7 nitrogen and oxygen atoms in total. The molecule has 0 spiro atoms. The molecule has 29 heavy (non-hydrogen) atoms. The summed E-state index contributed by atoms with van der Waals surface area (Å²) in [6.45, 7) is 3.91. The Balaban J connectivity index is 1.44. The molecule has 2 heterocycles. The molecule has 0 aromatic heterocycles. The van der Waals surface area contributed by atoms with E-state index in [9.17, 15) is 14.4 Å². The summed E-state index contributed by atoms with van der Waals surface area (Å²) >= 11 is 0. The lowest BCUT2D eigenvalue weighted by Gasteiger charge is -2.34. The van der Waals surface area contributed by atoms with Crippen LogP contribution in [-0.4, -0.2) is 47.6 Å². The minimum atomic E-state index is -0.879. The predicted octanol–water partition coefficient (Wildman–Crippen LogP) is 2.37. The number of hydrogen-bond acceptors (Lipinski definition) is 4. The second-order valence-corrected chi connectivity index (χ2v) is 8.39. The van der Waals surface area contributed by atoms with E-state index < -0.39 is 11.5 Å². The summed E-state index contributed by atoms with van der Waals surface area (Å²) in [5.41, 5.74) is 1.92. The van der Waals surface area contributed by atoms with Crippen LogP contribution in [0.1, 0.15) is 56.9 Å². The number of carboxylic acids is 1. The van der Waals surface area contributed by atoms with E-state index in [1.165, 1.54) is 11.3 Å². The number of nitrogens with zero attached hydrogens (tertiary/aromatic N) is 1. The molecule has 0 saturated carbocycles. The van der Waals surface area contributed by atoms with Crippen molar-refractivity contribution >= 4 is 23.5 Å². The molecule has 2 amide bonds. The van der Waals surface area contributed by atoms with Crippen LogP contribution in [0.4, 0.5) is 5.69 Å². The zero-order chi connectivity index (χ0) is 20.9. The topological polar surface area (TPSA) is 98.7 Å². The number of aryl methyl sites for hydroxylation is 1. The summed E-state index contributed by atoms with van der Waals surface area (Å²) in [6.07, 6.45) is 3.97. The van der Waals surface area contributed by atoms with E-state index >= 15 is 0 Å². The van der Waals surface area contributed by atoms with Crippen LogP contribution in [0, 0.1) is 6.92 Å². The highest BCUT2D eigenvalue weighted by molar-refractivity contribution is 5.80. The standard InChI is InChI=1S/C22H31N3O4/c1-16-3-2-4-18(15-16)25-13-8-17(9-14-25)23-19(26)5-10-22(12-7-21(28)29)11-6-20(27)24-22/h2-4,15,17H,5-14H2,1H3,(H,23,26)(H,24,27)(H,28,29)/t22-/m1/s1. The van der Waals surface area contributed by atoms with Crippen molar-refractivity contribution in [2.75, 3.05) is 18.0 Å². The first kappa shape index (κ1) is 21.1. The van der Waals surface area contributed by atoms with Crippen LogP contribution in [0.5, 0.6) is 0 Å². The Hall–Kier alpha value is -2.57. The summed E-state index contributed by atoms with van der Waals surface area (Å²) in [5, 5.41) is 15.0. The van der Waals surface area contributed by atoms with Crippen LogP contribution in [-0.2, 0) is 14.4 Å². The van der Waals surface area contributed by atoms with Crippen LogP contribution in [0.15, 0.2) is 24.3 Å². The van der Waals surface area contributed by atoms with Gasteiger partial charge in [0.1, 0.15) is 0 Å². The number of benzene rings is 1. The molecule has 1 aromatic rings. The van der Waals surface area contributed by atoms with Gasteiger partial charge in [-0.1, -0.05) is 12.1 Å². The Bertz CT molecular complexity index is 758. The van der Waals surface area contributed by atoms with Crippen molar-refractivity contribution in [1.82, 2.24) is 10.6 Å². The Kier molecular flexibility index (Phi) is 6.77. The third-order valence-corrected chi connectivity index (χ3v) is 6.11. The molecule has 0 unspecified atom stereocenters. The maximum absolute atomic E-state index is 12.5. The highest BCUT2D eigenvalue weighted by Gasteiger charge is 2.38. The molecule has 0 radical (unpaired) electrons. The Morgan fingerprint density at radius 1 is 1.24 bits per heavy atom. The summed E-state index contributed by atoms with van der Waals surface area (Å²) < 4.78 is 0. The minimum Gasteiger partial charge on any atom is -0.481 e. The quantitative estimate of drug-likeness (QED) is 0.621. The number of amides is 2. The van der Waals surface area contributed by atoms with Gasteiger partial charge in [0.05, 0.1) is 0 Å². The van der Waals surface area contributed by atoms with E-state index in [1.807, 2.05) is 0 Å². The second kappa shape index (κ2) is 9.29. The lowest BCUT2D eigenvalue weighted by atomic mass is 9.86. The van der Waals surface area contributed by atoms with E-state index in [4.69, 9.17) is 5.11 Å². The van der Waals surface area contributed by atoms with E-state index in [-0.39, 0.29) is 24.3 Å². The first-order valence-corrected chi connectivity index (χ1v) is 10.5. The Morgan fingerprint density at radius 2 is 1.97 bits per heavy atom. The van der Waals surface area contributed by atoms with Gasteiger partial charge in [-0.25, -0.2) is 0 Å². The molecule has 0 aliphatic carbocycles. The zero-order valence-electron chi connectivity index (χ0n) is 17.1. The zero-order valence-corrected chi connectivity index (χ0v) is 17.1. The molecule has 2 fully saturated rings. The van der Waals surface area contributed by atoms with Crippen LogP contribution in [0.2, 0.25) is 0 Å². The van der Waals surface area contributed by atoms with Gasteiger partial charge < -0.3 is 20.6 Å². The predicted molar refractivity (Wildman–Crippen MR) is 111 cm³/mol. The molecule has 1 aromatic carbocycles. The van der Waals surface area contributed by atoms with E-state index in [0.29, 0.717) is 32.1 Å². The van der Waals surface area contributed by atoms with Gasteiger partial charge in [0.15, 0.2) is 0 Å². The summed E-state index contributed by atoms with van der Waals surface area (Å²) in [5.74, 6) is -0.954. The normalized spacial score (nSPS) is 22.4. The highest BCUT2D eigenvalue weighted by atomic mass is 16.4. The number of carbonyl (C=O) groups is 3. The number of nitrogens with one attached hydrogen (secondary N) is 2. The summed E-state index contributed by atoms with van der Waals surface area (Å²) in [7, 11) is 0. The van der Waals surface area contributed by atoms with Gasteiger partial charge in [0, 0.05) is 49.6 Å². The first-order valence-electron chi connectivity index (χ1n) is 10.5. The second-order valence-electron chi connectivity index (χ2n) is 8.39. The van der Waals surface area contributed by atoms with E-state index in [0.717, 1.165) is 25.9 Å². The van der Waals surface area contributed by atoms with E-state index in [2.05, 4.69) is 46.7 Å². The molecule has 2 aliphatic rings. The van der Waals surface area contributed by atoms with Gasteiger partial charge in [-0.3, -0.25) is 14.4 Å². The largest absolute Gasteiger partial charge is 0.481 e. The molecule has 1 atom stereocenters. The van der Waals surface area contributed by atoms with Crippen molar-refractivity contribution in [3.8, 4) is 0 Å². The number of rotatable bonds is 8. The highest BCUT2D eigenvalue weighted by Crippen LogP contribution is 2.30. The van der Waals surface area contributed by atoms with Crippen molar-refractivity contribution in [3.63, 3.8) is 0 Å². The first-order chi connectivity index (χ1) is 13.8. The molecule has 0 bridgehead atoms. The van der Waals surface area contributed by atoms with Crippen molar-refractivity contribution in [2.45, 2.75) is 69.9 Å². The monoisotopic (exact) mass is 401 g/mol. The maximum Gasteiger partial charge on any atom is 0.303 e. The van der Waals surface area contributed by atoms with E-state index in [1.54, 1.807) is 0 Å². The Morgan fingerprint density at radius 3 is 2.59 bits per heavy atom. The lowest BCUT2D eigenvalue weighted by Crippen LogP contribution is -2.46. The Labute approximate surface area is 171 Å². The third-order valence-electron chi connectivity index (χ3n) is 6.11. The average molecular weight is 402 g/mol. The average Bonchev–Trinajstić information content (AvgIpc) is 3.07. The molecule has 3 N–H and O–H groups in total. The SMILES string of the molecule is Cc1cccc(N2CCC(NC(=O)CC[C@]3(CCC(=O)O)CCC(=O)N3)CC2)c1. The van der Waals surface area contributed by atoms with Crippen LogP contribution in [0.25, 0.3) is 0 Å². The fraction of sp³-hybridized carbons (Fsp3) is 0.591. The van der Waals surface area contributed by atoms with Crippen molar-refractivity contribution in [1.29, 1.82) is 0 Å². The van der Waals surface area contributed by atoms with Gasteiger partial charge in [-0.05, 0) is 56.7 Å². The molecule has 2 saturated heterocycles. The maximum atomic E-state index is 12.5. The molecular formula is C22H31N3O4. The molecule has 2 aliphatic heterocycles. The molecule has 3 rings (SSSR count). The fourth-order valence-electron chi connectivity index (χ4n) is 4.38. The minimum absolute atomic E-state index is 0.000676. The van der Waals surface area contributed by atoms with Crippen molar-refractivity contribution in [2.24, 2.45) is 0 Å². The molecule has 7 heteroatoms. The van der Waals surface area contributed by atoms with Crippen LogP contribution in [0.3, 0.4) is 0 Å². The number of anilines is 1. The summed E-state index contributed by atoms with van der Waals surface area (Å²) in [6, 6.07) is 8.63. The van der Waals surface area contributed by atoms with Gasteiger partial charge in [-0.2, -0.15) is 0 Å². The third kappa shape index (κ3) is 5.95. The lowest BCUT2D eigenvalue weighted by molar-refractivity contribution is -0.137. The number of carbonyl (C=O) groups excluding carboxylic acids is 2.